The van der Waals surface area contributed by atoms with E-state index in [2.05, 4.69) is 13.2 Å². The lowest BCUT2D eigenvalue weighted by Gasteiger charge is -2.19. The molecule has 0 heterocycles. The smallest absolute Gasteiger partial charge is 0.335 e. The number of rotatable bonds is 8. The van der Waals surface area contributed by atoms with Gasteiger partial charge in [-0.05, 0) is 24.6 Å². The van der Waals surface area contributed by atoms with E-state index in [-0.39, 0.29) is 18.1 Å². The molecule has 0 atom stereocenters. The third kappa shape index (κ3) is 4.80. The number of carbonyl (C=O) groups excluding carboxylic acids is 1. The minimum absolute atomic E-state index is 0.122. The Kier molecular flexibility index (Phi) is 6.20. The van der Waals surface area contributed by atoms with Gasteiger partial charge in [-0.1, -0.05) is 18.2 Å². The molecular weight excluding hydrogens is 270 g/mol. The Hall–Kier alpha value is -2.56. The van der Waals surface area contributed by atoms with Crippen LogP contribution in [-0.2, 0) is 4.79 Å². The van der Waals surface area contributed by atoms with Crippen LogP contribution < -0.4 is 4.74 Å². The molecule has 5 nitrogen and oxygen atoms in total. The standard InChI is InChI=1S/C16H19NO4/c1-4-8-17(9-5-2)15(18)11-21-14-10-13(16(19)20)7-6-12(14)3/h4-7,10H,1-2,8-9,11H2,3H3,(H,19,20). The second-order valence-corrected chi connectivity index (χ2v) is 4.45. The van der Waals surface area contributed by atoms with E-state index in [1.54, 1.807) is 25.1 Å². The van der Waals surface area contributed by atoms with Gasteiger partial charge in [0, 0.05) is 13.1 Å². The Bertz CT molecular complexity index is 541. The highest BCUT2D eigenvalue weighted by Crippen LogP contribution is 2.19. The fourth-order valence-electron chi connectivity index (χ4n) is 1.71. The van der Waals surface area contributed by atoms with Crippen LogP contribution in [0.2, 0.25) is 0 Å². The van der Waals surface area contributed by atoms with Gasteiger partial charge in [0.15, 0.2) is 6.61 Å². The number of benzene rings is 1. The van der Waals surface area contributed by atoms with Gasteiger partial charge in [0.2, 0.25) is 0 Å². The van der Waals surface area contributed by atoms with Crippen LogP contribution in [0, 0.1) is 6.92 Å². The molecular formula is C16H19NO4. The van der Waals surface area contributed by atoms with Gasteiger partial charge in [-0.3, -0.25) is 4.79 Å². The monoisotopic (exact) mass is 289 g/mol. The Labute approximate surface area is 124 Å². The SMILES string of the molecule is C=CCN(CC=C)C(=O)COc1cc(C(=O)O)ccc1C. The average Bonchev–Trinajstić information content (AvgIpc) is 2.45. The quantitative estimate of drug-likeness (QED) is 0.746. The Morgan fingerprint density at radius 3 is 2.43 bits per heavy atom. The maximum Gasteiger partial charge on any atom is 0.335 e. The van der Waals surface area contributed by atoms with Crippen molar-refractivity contribution in [1.29, 1.82) is 0 Å². The summed E-state index contributed by atoms with van der Waals surface area (Å²) < 4.78 is 5.44. The van der Waals surface area contributed by atoms with Crippen LogP contribution in [0.5, 0.6) is 5.75 Å². The number of amides is 1. The molecule has 0 bridgehead atoms. The highest BCUT2D eigenvalue weighted by Gasteiger charge is 2.13. The lowest BCUT2D eigenvalue weighted by molar-refractivity contribution is -0.132. The Morgan fingerprint density at radius 1 is 1.29 bits per heavy atom. The summed E-state index contributed by atoms with van der Waals surface area (Å²) in [5.41, 5.74) is 0.892. The van der Waals surface area contributed by atoms with Crippen molar-refractivity contribution >= 4 is 11.9 Å². The number of carboxylic acids is 1. The fraction of sp³-hybridized carbons (Fsp3) is 0.250. The van der Waals surface area contributed by atoms with Crippen molar-refractivity contribution in [3.8, 4) is 5.75 Å². The molecule has 1 aromatic carbocycles. The molecule has 0 saturated carbocycles. The lowest BCUT2D eigenvalue weighted by Crippen LogP contribution is -2.35. The zero-order valence-corrected chi connectivity index (χ0v) is 12.0. The molecule has 0 aliphatic heterocycles. The van der Waals surface area contributed by atoms with Gasteiger partial charge in [0.05, 0.1) is 5.56 Å². The van der Waals surface area contributed by atoms with Gasteiger partial charge in [-0.25, -0.2) is 4.79 Å². The number of carboxylic acid groups (broad SMARTS) is 1. The van der Waals surface area contributed by atoms with Crippen LogP contribution >= 0.6 is 0 Å². The minimum atomic E-state index is -1.04. The molecule has 0 aromatic heterocycles. The van der Waals surface area contributed by atoms with E-state index in [0.717, 1.165) is 5.56 Å². The van der Waals surface area contributed by atoms with E-state index >= 15 is 0 Å². The molecule has 0 radical (unpaired) electrons. The fourth-order valence-corrected chi connectivity index (χ4v) is 1.71. The van der Waals surface area contributed by atoms with Gasteiger partial charge >= 0.3 is 5.97 Å². The number of ether oxygens (including phenoxy) is 1. The first-order chi connectivity index (χ1) is 9.99. The molecule has 0 fully saturated rings. The van der Waals surface area contributed by atoms with Crippen LogP contribution in [0.15, 0.2) is 43.5 Å². The van der Waals surface area contributed by atoms with Gasteiger partial charge in [0.1, 0.15) is 5.75 Å². The summed E-state index contributed by atoms with van der Waals surface area (Å²) in [6.07, 6.45) is 3.25. The molecule has 1 amide bonds. The molecule has 1 rings (SSSR count). The summed E-state index contributed by atoms with van der Waals surface area (Å²) in [5.74, 6) is -0.860. The molecule has 5 heteroatoms. The van der Waals surface area contributed by atoms with Crippen molar-refractivity contribution in [1.82, 2.24) is 4.90 Å². The third-order valence-electron chi connectivity index (χ3n) is 2.84. The molecule has 0 aliphatic rings. The summed E-state index contributed by atoms with van der Waals surface area (Å²) in [5, 5.41) is 8.95. The van der Waals surface area contributed by atoms with Crippen LogP contribution in [0.1, 0.15) is 15.9 Å². The van der Waals surface area contributed by atoms with E-state index in [9.17, 15) is 9.59 Å². The predicted octanol–water partition coefficient (Wildman–Crippen LogP) is 2.27. The van der Waals surface area contributed by atoms with Crippen molar-refractivity contribution < 1.29 is 19.4 Å². The molecule has 21 heavy (non-hydrogen) atoms. The van der Waals surface area contributed by atoms with E-state index in [0.29, 0.717) is 18.8 Å². The van der Waals surface area contributed by atoms with Gasteiger partial charge in [0.25, 0.3) is 5.91 Å². The molecule has 0 unspecified atom stereocenters. The number of aromatic carboxylic acids is 1. The third-order valence-corrected chi connectivity index (χ3v) is 2.84. The predicted molar refractivity (Wildman–Crippen MR) is 80.6 cm³/mol. The summed E-state index contributed by atoms with van der Waals surface area (Å²) >= 11 is 0. The van der Waals surface area contributed by atoms with Gasteiger partial charge < -0.3 is 14.7 Å². The van der Waals surface area contributed by atoms with Crippen LogP contribution in [0.25, 0.3) is 0 Å². The van der Waals surface area contributed by atoms with Crippen molar-refractivity contribution in [2.45, 2.75) is 6.92 Å². The first-order valence-corrected chi connectivity index (χ1v) is 6.46. The normalized spacial score (nSPS) is 9.76. The van der Waals surface area contributed by atoms with Crippen LogP contribution in [0.3, 0.4) is 0 Å². The molecule has 0 spiro atoms. The second-order valence-electron chi connectivity index (χ2n) is 4.45. The zero-order chi connectivity index (χ0) is 15.8. The largest absolute Gasteiger partial charge is 0.483 e. The highest BCUT2D eigenvalue weighted by atomic mass is 16.5. The zero-order valence-electron chi connectivity index (χ0n) is 12.0. The second kappa shape index (κ2) is 7.89. The summed E-state index contributed by atoms with van der Waals surface area (Å²) in [6.45, 7) is 9.63. The van der Waals surface area contributed by atoms with E-state index in [4.69, 9.17) is 9.84 Å². The maximum atomic E-state index is 12.0. The number of nitrogens with zero attached hydrogens (tertiary/aromatic N) is 1. The summed E-state index contributed by atoms with van der Waals surface area (Å²) in [6, 6.07) is 4.55. The highest BCUT2D eigenvalue weighted by molar-refractivity contribution is 5.88. The first kappa shape index (κ1) is 16.5. The van der Waals surface area contributed by atoms with E-state index in [1.165, 1.54) is 17.0 Å². The summed E-state index contributed by atoms with van der Waals surface area (Å²) in [7, 11) is 0. The van der Waals surface area contributed by atoms with Crippen molar-refractivity contribution in [3.05, 3.63) is 54.6 Å². The topological polar surface area (TPSA) is 66.8 Å². The van der Waals surface area contributed by atoms with Gasteiger partial charge in [-0.15, -0.1) is 13.2 Å². The van der Waals surface area contributed by atoms with Crippen LogP contribution in [-0.4, -0.2) is 41.6 Å². The molecule has 0 aliphatic carbocycles. The Balaban J connectivity index is 2.75. The molecule has 1 N–H and O–H groups in total. The molecule has 1 aromatic rings. The van der Waals surface area contributed by atoms with Gasteiger partial charge in [-0.2, -0.15) is 0 Å². The van der Waals surface area contributed by atoms with Crippen molar-refractivity contribution in [3.63, 3.8) is 0 Å². The number of carbonyl (C=O) groups is 2. The first-order valence-electron chi connectivity index (χ1n) is 6.46. The average molecular weight is 289 g/mol. The van der Waals surface area contributed by atoms with E-state index < -0.39 is 5.97 Å². The van der Waals surface area contributed by atoms with Crippen molar-refractivity contribution in [2.75, 3.05) is 19.7 Å². The number of hydrogen-bond donors (Lipinski definition) is 1. The minimum Gasteiger partial charge on any atom is -0.483 e. The molecule has 0 saturated heterocycles. The Morgan fingerprint density at radius 2 is 1.90 bits per heavy atom. The lowest BCUT2D eigenvalue weighted by atomic mass is 10.1. The number of hydrogen-bond acceptors (Lipinski definition) is 3. The molecule has 112 valence electrons. The van der Waals surface area contributed by atoms with Crippen molar-refractivity contribution in [2.24, 2.45) is 0 Å². The van der Waals surface area contributed by atoms with E-state index in [1.807, 2.05) is 0 Å². The van der Waals surface area contributed by atoms with Crippen LogP contribution in [0.4, 0.5) is 0 Å². The summed E-state index contributed by atoms with van der Waals surface area (Å²) in [4.78, 5) is 24.5. The number of aryl methyl sites for hydroxylation is 1. The maximum absolute atomic E-state index is 12.0.